The summed E-state index contributed by atoms with van der Waals surface area (Å²) in [6, 6.07) is 7.19. The number of halogens is 2. The summed E-state index contributed by atoms with van der Waals surface area (Å²) in [5.41, 5.74) is 0.426. The van der Waals surface area contributed by atoms with Gasteiger partial charge in [-0.1, -0.05) is 16.8 Å². The number of aryl methyl sites for hydroxylation is 1. The van der Waals surface area contributed by atoms with E-state index in [0.717, 1.165) is 5.56 Å². The number of rotatable bonds is 7. The van der Waals surface area contributed by atoms with Crippen LogP contribution in [-0.2, 0) is 19.2 Å². The third-order valence-corrected chi connectivity index (χ3v) is 4.47. The van der Waals surface area contributed by atoms with E-state index < -0.39 is 5.60 Å². The Bertz CT molecular complexity index is 969. The summed E-state index contributed by atoms with van der Waals surface area (Å²) in [6.07, 6.45) is 3.42. The van der Waals surface area contributed by atoms with Crippen LogP contribution in [0.4, 0.5) is 0 Å². The third kappa shape index (κ3) is 6.41. The van der Waals surface area contributed by atoms with Gasteiger partial charge in [-0.05, 0) is 38.1 Å². The van der Waals surface area contributed by atoms with Gasteiger partial charge in [0.1, 0.15) is 12.1 Å². The van der Waals surface area contributed by atoms with Crippen LogP contribution in [0.5, 0.6) is 0 Å². The quantitative estimate of drug-likeness (QED) is 0.238. The molecule has 1 unspecified atom stereocenters. The largest absolute Gasteiger partial charge is 0.383 e. The highest BCUT2D eigenvalue weighted by Crippen LogP contribution is 2.19. The topological polar surface area (TPSA) is 113 Å². The van der Waals surface area contributed by atoms with Gasteiger partial charge in [-0.3, -0.25) is 4.68 Å². The molecule has 1 aromatic carbocycles. The number of guanidine groups is 1. The van der Waals surface area contributed by atoms with Crippen molar-refractivity contribution in [3.05, 3.63) is 53.1 Å². The molecular weight excluding hydrogens is 521 g/mol. The van der Waals surface area contributed by atoms with Crippen molar-refractivity contribution in [2.24, 2.45) is 12.0 Å². The lowest BCUT2D eigenvalue weighted by atomic mass is 10.00. The number of hydrogen-bond acceptors (Lipinski definition) is 6. The molecule has 30 heavy (non-hydrogen) atoms. The molecule has 2 aromatic heterocycles. The first-order valence-electron chi connectivity index (χ1n) is 9.19. The number of nitrogens with one attached hydrogen (secondary N) is 2. The standard InChI is InChI=1S/C19H24ClN7O2.HI/c1-4-21-18(23-12-19(2,28)14-9-24-27(3)11-14)22-10-16-25-17(26-29-16)13-5-7-15(20)8-6-13;/h5-9,11,28H,4,10,12H2,1-3H3,(H2,21,22,23);1H. The smallest absolute Gasteiger partial charge is 0.248 e. The van der Waals surface area contributed by atoms with Crippen molar-refractivity contribution in [3.63, 3.8) is 0 Å². The van der Waals surface area contributed by atoms with Crippen LogP contribution >= 0.6 is 35.6 Å². The zero-order chi connectivity index (χ0) is 20.9. The lowest BCUT2D eigenvalue weighted by Gasteiger charge is -2.23. The van der Waals surface area contributed by atoms with Crippen LogP contribution in [-0.4, -0.2) is 44.1 Å². The third-order valence-electron chi connectivity index (χ3n) is 4.21. The van der Waals surface area contributed by atoms with Crippen molar-refractivity contribution in [1.82, 2.24) is 30.6 Å². The van der Waals surface area contributed by atoms with Crippen molar-refractivity contribution in [3.8, 4) is 11.4 Å². The number of aliphatic hydroxyl groups is 1. The van der Waals surface area contributed by atoms with E-state index in [2.05, 4.69) is 30.9 Å². The second-order valence-corrected chi connectivity index (χ2v) is 7.18. The average molecular weight is 546 g/mol. The summed E-state index contributed by atoms with van der Waals surface area (Å²) < 4.78 is 6.93. The molecule has 1 atom stereocenters. The molecule has 0 amide bonds. The molecule has 0 aliphatic carbocycles. The summed E-state index contributed by atoms with van der Waals surface area (Å²) in [5.74, 6) is 1.39. The van der Waals surface area contributed by atoms with Crippen molar-refractivity contribution in [1.29, 1.82) is 0 Å². The predicted molar refractivity (Wildman–Crippen MR) is 126 cm³/mol. The van der Waals surface area contributed by atoms with Gasteiger partial charge in [0.15, 0.2) is 5.96 Å². The molecule has 0 bridgehead atoms. The Morgan fingerprint density at radius 3 is 2.67 bits per heavy atom. The van der Waals surface area contributed by atoms with Crippen LogP contribution in [0.3, 0.4) is 0 Å². The van der Waals surface area contributed by atoms with E-state index in [4.69, 9.17) is 16.1 Å². The molecule has 0 saturated heterocycles. The second-order valence-electron chi connectivity index (χ2n) is 6.74. The van der Waals surface area contributed by atoms with Gasteiger partial charge in [-0.2, -0.15) is 10.1 Å². The number of aliphatic imine (C=N–C) groups is 1. The summed E-state index contributed by atoms with van der Waals surface area (Å²) in [7, 11) is 1.81. The minimum Gasteiger partial charge on any atom is -0.383 e. The molecule has 3 aromatic rings. The van der Waals surface area contributed by atoms with Crippen LogP contribution in [0, 0.1) is 0 Å². The molecule has 0 spiro atoms. The van der Waals surface area contributed by atoms with E-state index in [1.807, 2.05) is 19.1 Å². The molecule has 162 valence electrons. The van der Waals surface area contributed by atoms with Gasteiger partial charge in [0, 0.05) is 35.9 Å². The Morgan fingerprint density at radius 2 is 2.03 bits per heavy atom. The lowest BCUT2D eigenvalue weighted by molar-refractivity contribution is 0.0616. The van der Waals surface area contributed by atoms with Gasteiger partial charge in [0.05, 0.1) is 12.7 Å². The van der Waals surface area contributed by atoms with Gasteiger partial charge in [-0.15, -0.1) is 24.0 Å². The SMILES string of the molecule is CCNC(=NCc1nc(-c2ccc(Cl)cc2)no1)NCC(C)(O)c1cnn(C)c1.I. The molecule has 11 heteroatoms. The van der Waals surface area contributed by atoms with E-state index in [1.165, 1.54) is 0 Å². The maximum Gasteiger partial charge on any atom is 0.248 e. The normalized spacial score (nSPS) is 13.4. The highest BCUT2D eigenvalue weighted by atomic mass is 127. The molecule has 0 radical (unpaired) electrons. The van der Waals surface area contributed by atoms with Gasteiger partial charge in [-0.25, -0.2) is 4.99 Å². The Hall–Kier alpha value is -2.18. The highest BCUT2D eigenvalue weighted by Gasteiger charge is 2.25. The number of aromatic nitrogens is 4. The Balaban J connectivity index is 0.00000320. The summed E-state index contributed by atoms with van der Waals surface area (Å²) >= 11 is 5.90. The average Bonchev–Trinajstić information content (AvgIpc) is 3.34. The first kappa shape index (κ1) is 24.1. The molecule has 2 heterocycles. The summed E-state index contributed by atoms with van der Waals surface area (Å²) in [5, 5.41) is 25.7. The first-order chi connectivity index (χ1) is 13.9. The minimum atomic E-state index is -1.10. The van der Waals surface area contributed by atoms with Gasteiger partial charge < -0.3 is 20.3 Å². The predicted octanol–water partition coefficient (Wildman–Crippen LogP) is 2.70. The van der Waals surface area contributed by atoms with Gasteiger partial charge >= 0.3 is 0 Å². The zero-order valence-corrected chi connectivity index (χ0v) is 20.0. The molecule has 0 aliphatic rings. The summed E-state index contributed by atoms with van der Waals surface area (Å²) in [4.78, 5) is 8.81. The summed E-state index contributed by atoms with van der Waals surface area (Å²) in [6.45, 7) is 4.80. The molecule has 0 fully saturated rings. The van der Waals surface area contributed by atoms with E-state index in [0.29, 0.717) is 34.8 Å². The fraction of sp³-hybridized carbons (Fsp3) is 0.368. The number of hydrogen-bond donors (Lipinski definition) is 3. The minimum absolute atomic E-state index is 0. The molecule has 0 saturated carbocycles. The van der Waals surface area contributed by atoms with Crippen LogP contribution in [0.15, 0.2) is 46.2 Å². The lowest BCUT2D eigenvalue weighted by Crippen LogP contribution is -2.44. The molecule has 3 rings (SSSR count). The van der Waals surface area contributed by atoms with E-state index in [9.17, 15) is 5.11 Å². The maximum absolute atomic E-state index is 10.7. The Morgan fingerprint density at radius 1 is 1.30 bits per heavy atom. The van der Waals surface area contributed by atoms with Crippen LogP contribution in [0.25, 0.3) is 11.4 Å². The van der Waals surface area contributed by atoms with Gasteiger partial charge in [0.25, 0.3) is 0 Å². The fourth-order valence-corrected chi connectivity index (χ4v) is 2.71. The van der Waals surface area contributed by atoms with Crippen molar-refractivity contribution < 1.29 is 9.63 Å². The first-order valence-corrected chi connectivity index (χ1v) is 9.57. The maximum atomic E-state index is 10.7. The molecule has 0 aliphatic heterocycles. The highest BCUT2D eigenvalue weighted by molar-refractivity contribution is 14.0. The van der Waals surface area contributed by atoms with Crippen molar-refractivity contribution >= 4 is 41.5 Å². The Kier molecular flexibility index (Phi) is 8.62. The van der Waals surface area contributed by atoms with E-state index >= 15 is 0 Å². The number of nitrogens with zero attached hydrogens (tertiary/aromatic N) is 5. The molecule has 3 N–H and O–H groups in total. The monoisotopic (exact) mass is 545 g/mol. The van der Waals surface area contributed by atoms with Crippen molar-refractivity contribution in [2.75, 3.05) is 13.1 Å². The Labute approximate surface area is 196 Å². The van der Waals surface area contributed by atoms with E-state index in [-0.39, 0.29) is 37.1 Å². The number of benzene rings is 1. The van der Waals surface area contributed by atoms with Gasteiger partial charge in [0.2, 0.25) is 11.7 Å². The fourth-order valence-electron chi connectivity index (χ4n) is 2.58. The van der Waals surface area contributed by atoms with E-state index in [1.54, 1.807) is 43.2 Å². The molecule has 9 nitrogen and oxygen atoms in total. The van der Waals surface area contributed by atoms with Crippen LogP contribution in [0.2, 0.25) is 5.02 Å². The van der Waals surface area contributed by atoms with Crippen molar-refractivity contribution in [2.45, 2.75) is 26.0 Å². The second kappa shape index (κ2) is 10.7. The molecular formula is C19H25ClIN7O2. The van der Waals surface area contributed by atoms with Crippen LogP contribution < -0.4 is 10.6 Å². The van der Waals surface area contributed by atoms with Crippen LogP contribution in [0.1, 0.15) is 25.3 Å². The zero-order valence-electron chi connectivity index (χ0n) is 17.0.